The van der Waals surface area contributed by atoms with Gasteiger partial charge in [-0.15, -0.1) is 0 Å². The number of nitrogens with zero attached hydrogens (tertiary/aromatic N) is 9. The first kappa shape index (κ1) is 69.7. The summed E-state index contributed by atoms with van der Waals surface area (Å²) < 4.78 is 27.8. The van der Waals surface area contributed by atoms with E-state index in [0.717, 1.165) is 129 Å². The first-order valence-electron chi connectivity index (χ1n) is 30.6. The third-order valence-corrected chi connectivity index (χ3v) is 15.1. The summed E-state index contributed by atoms with van der Waals surface area (Å²) in [4.78, 5) is 122. The van der Waals surface area contributed by atoms with Crippen molar-refractivity contribution >= 4 is 70.1 Å². The second-order valence-corrected chi connectivity index (χ2v) is 21.5. The second-order valence-electron chi connectivity index (χ2n) is 21.5. The second kappa shape index (κ2) is 33.4. The molecule has 1 atom stereocenters. The number of carboxylic acid groups (broad SMARTS) is 1. The number of esters is 3. The minimum atomic E-state index is -1.01. The van der Waals surface area contributed by atoms with E-state index in [4.69, 9.17) is 25.8 Å². The highest BCUT2D eigenvalue weighted by Gasteiger charge is 2.30. The lowest BCUT2D eigenvalue weighted by molar-refractivity contribution is -0.152. The van der Waals surface area contributed by atoms with E-state index in [1.54, 1.807) is 68.7 Å². The molecule has 4 aliphatic carbocycles. The van der Waals surface area contributed by atoms with Gasteiger partial charge in [-0.3, -0.25) is 47.3 Å². The number of rotatable bonds is 7. The van der Waals surface area contributed by atoms with Crippen LogP contribution in [0.15, 0.2) is 109 Å². The van der Waals surface area contributed by atoms with Crippen LogP contribution in [0.5, 0.6) is 0 Å². The summed E-state index contributed by atoms with van der Waals surface area (Å²) in [7, 11) is 2.65. The average Bonchev–Trinajstić information content (AvgIpc) is 0.910. The number of pyridine rings is 4. The highest BCUT2D eigenvalue weighted by molar-refractivity contribution is 6.04. The number of aromatic nitrogens is 9. The van der Waals surface area contributed by atoms with E-state index in [9.17, 15) is 43.2 Å². The fraction of sp³-hybridized carbons (Fsp3) is 0.379. The number of ether oxygens (including phenoxy) is 3. The molecule has 9 heterocycles. The van der Waals surface area contributed by atoms with Crippen molar-refractivity contribution in [1.29, 1.82) is 0 Å². The van der Waals surface area contributed by atoms with E-state index in [0.29, 0.717) is 70.5 Å². The molecule has 1 saturated carbocycles. The van der Waals surface area contributed by atoms with Crippen LogP contribution >= 0.6 is 0 Å². The van der Waals surface area contributed by atoms with Crippen molar-refractivity contribution in [2.75, 3.05) is 37.6 Å². The SMILES string of the molecule is CC.CCOC(=O)C1CCCCC1=O.COC(=O)c1ccn2c(=O)c3c(nc2c1)CCCC3.COC(=O)c1ccnc(N)c1.Cc1cc(N)on1.Cc1cc(NC(=O)c2ccn3c(=O)c4c(nc3c2)CCCC4)on1.O=C(O)c1ccn2c(=O)c3c(nc2c1)CCCC3. The molecule has 1 unspecified atom stereocenters. The first-order valence-corrected chi connectivity index (χ1v) is 30.6. The number of anilines is 3. The number of aryl methyl sites for hydroxylation is 5. The van der Waals surface area contributed by atoms with Gasteiger partial charge in [0.05, 0.1) is 66.0 Å². The molecule has 0 bridgehead atoms. The van der Waals surface area contributed by atoms with Gasteiger partial charge in [0.2, 0.25) is 11.8 Å². The van der Waals surface area contributed by atoms with Crippen LogP contribution in [0.1, 0.15) is 172 Å². The number of aromatic carboxylic acids is 1. The van der Waals surface area contributed by atoms with Gasteiger partial charge >= 0.3 is 23.9 Å². The third kappa shape index (κ3) is 18.3. The van der Waals surface area contributed by atoms with Crippen molar-refractivity contribution in [2.45, 2.75) is 137 Å². The number of fused-ring (bicyclic) bond motifs is 6. The van der Waals surface area contributed by atoms with E-state index in [1.165, 1.54) is 58.0 Å². The number of carbonyl (C=O) groups excluding carboxylic acids is 5. The number of nitrogens with two attached hydrogens (primary N) is 2. The number of methoxy groups -OCH3 is 2. The van der Waals surface area contributed by atoms with Crippen LogP contribution < -0.4 is 33.5 Å². The minimum absolute atomic E-state index is 0.0175. The molecule has 9 aromatic rings. The average molecular weight is 1280 g/mol. The Balaban J connectivity index is 0.000000163. The molecule has 0 spiro atoms. The first-order chi connectivity index (χ1) is 44.8. The van der Waals surface area contributed by atoms with Crippen LogP contribution in [0.2, 0.25) is 0 Å². The Morgan fingerprint density at radius 3 is 1.44 bits per heavy atom. The lowest BCUT2D eigenvalue weighted by Gasteiger charge is -2.18. The molecule has 0 radical (unpaired) electrons. The summed E-state index contributed by atoms with van der Waals surface area (Å²) in [6, 6.07) is 15.6. The number of nitrogens with one attached hydrogen (secondary N) is 1. The topological polar surface area (TPSA) is 382 Å². The molecular weight excluding hydrogens is 1200 g/mol. The largest absolute Gasteiger partial charge is 0.478 e. The molecule has 0 saturated heterocycles. The molecule has 27 nitrogen and oxygen atoms in total. The number of nitrogen functional groups attached to an aromatic ring is 2. The van der Waals surface area contributed by atoms with Gasteiger partial charge in [-0.1, -0.05) is 30.6 Å². The number of carboxylic acids is 1. The van der Waals surface area contributed by atoms with Gasteiger partial charge in [0.1, 0.15) is 34.5 Å². The molecule has 93 heavy (non-hydrogen) atoms. The molecule has 0 aliphatic heterocycles. The molecule has 27 heteroatoms. The molecule has 1 fully saturated rings. The Kier molecular flexibility index (Phi) is 25.0. The molecule has 0 aromatic carbocycles. The molecular formula is C66H76N12O15. The van der Waals surface area contributed by atoms with Crippen molar-refractivity contribution in [1.82, 2.24) is 43.5 Å². The van der Waals surface area contributed by atoms with Crippen LogP contribution in [0, 0.1) is 19.8 Å². The van der Waals surface area contributed by atoms with Crippen molar-refractivity contribution in [3.8, 4) is 0 Å². The van der Waals surface area contributed by atoms with E-state index < -0.39 is 23.8 Å². The Bertz CT molecular complexity index is 4340. The van der Waals surface area contributed by atoms with E-state index in [-0.39, 0.29) is 45.8 Å². The zero-order valence-electron chi connectivity index (χ0n) is 53.0. The number of hydrogen-bond acceptors (Lipinski definition) is 22. The van der Waals surface area contributed by atoms with E-state index in [1.807, 2.05) is 20.8 Å². The Morgan fingerprint density at radius 2 is 1.02 bits per heavy atom. The summed E-state index contributed by atoms with van der Waals surface area (Å²) in [6.07, 6.45) is 20.3. The highest BCUT2D eigenvalue weighted by Crippen LogP contribution is 2.23. The van der Waals surface area contributed by atoms with Crippen molar-refractivity contribution in [3.05, 3.63) is 184 Å². The van der Waals surface area contributed by atoms with Crippen LogP contribution in [-0.4, -0.2) is 105 Å². The van der Waals surface area contributed by atoms with Gasteiger partial charge in [0.15, 0.2) is 0 Å². The van der Waals surface area contributed by atoms with Crippen molar-refractivity contribution in [3.63, 3.8) is 0 Å². The predicted molar refractivity (Wildman–Crippen MR) is 342 cm³/mol. The molecule has 6 N–H and O–H groups in total. The van der Waals surface area contributed by atoms with Crippen LogP contribution in [0.4, 0.5) is 17.6 Å². The van der Waals surface area contributed by atoms with Crippen molar-refractivity contribution in [2.24, 2.45) is 5.92 Å². The van der Waals surface area contributed by atoms with E-state index >= 15 is 0 Å². The van der Waals surface area contributed by atoms with Crippen LogP contribution in [0.25, 0.3) is 16.9 Å². The summed E-state index contributed by atoms with van der Waals surface area (Å²) >= 11 is 0. The van der Waals surface area contributed by atoms with Gasteiger partial charge < -0.3 is 39.8 Å². The zero-order valence-corrected chi connectivity index (χ0v) is 53.0. The maximum atomic E-state index is 12.5. The summed E-state index contributed by atoms with van der Waals surface area (Å²) in [5.74, 6) is -1.93. The van der Waals surface area contributed by atoms with Gasteiger partial charge in [-0.2, -0.15) is 0 Å². The molecule has 13 rings (SSSR count). The molecule has 4 aliphatic rings. The Morgan fingerprint density at radius 1 is 0.581 bits per heavy atom. The summed E-state index contributed by atoms with van der Waals surface area (Å²) in [6.45, 7) is 9.71. The third-order valence-electron chi connectivity index (χ3n) is 15.1. The van der Waals surface area contributed by atoms with Gasteiger partial charge in [0, 0.05) is 65.6 Å². The predicted octanol–water partition coefficient (Wildman–Crippen LogP) is 8.10. The monoisotopic (exact) mass is 1280 g/mol. The lowest BCUT2D eigenvalue weighted by atomic mass is 9.88. The fourth-order valence-electron chi connectivity index (χ4n) is 10.5. The molecule has 1 amide bonds. The van der Waals surface area contributed by atoms with Crippen LogP contribution in [0.3, 0.4) is 0 Å². The minimum Gasteiger partial charge on any atom is -0.478 e. The Labute approximate surface area is 533 Å². The zero-order chi connectivity index (χ0) is 67.3. The number of amides is 1. The number of carbonyl (C=O) groups is 6. The van der Waals surface area contributed by atoms with Gasteiger partial charge in [0.25, 0.3) is 22.6 Å². The highest BCUT2D eigenvalue weighted by atomic mass is 16.5. The van der Waals surface area contributed by atoms with Gasteiger partial charge in [-0.25, -0.2) is 34.3 Å². The fourth-order valence-corrected chi connectivity index (χ4v) is 10.5. The smallest absolute Gasteiger partial charge is 0.338 e. The lowest BCUT2D eigenvalue weighted by Crippen LogP contribution is -2.28. The van der Waals surface area contributed by atoms with Crippen molar-refractivity contribution < 1.29 is 57.1 Å². The summed E-state index contributed by atoms with van der Waals surface area (Å²) in [5.41, 5.74) is 19.6. The van der Waals surface area contributed by atoms with E-state index in [2.05, 4.69) is 49.6 Å². The Hall–Kier alpha value is -10.7. The van der Waals surface area contributed by atoms with Gasteiger partial charge in [-0.05, 0) is 159 Å². The number of ketones is 1. The number of hydrogen-bond donors (Lipinski definition) is 4. The number of Topliss-reactive ketones (excluding diaryl/α,β-unsaturated/α-hetero) is 1. The molecule has 490 valence electrons. The molecule has 9 aromatic heterocycles. The maximum Gasteiger partial charge on any atom is 0.338 e. The summed E-state index contributed by atoms with van der Waals surface area (Å²) in [5, 5.41) is 18.8. The van der Waals surface area contributed by atoms with Crippen LogP contribution in [-0.2, 0) is 62.3 Å². The normalized spacial score (nSPS) is 14.1. The standard InChI is InChI=1S/C17H16N4O3.C14H14N2O3.C13H12N2O3.C9H14O3.C7H8N2O2.C4H6N2O.C2H6/c1-10-8-15(24-20-10)19-16(22)11-6-7-21-14(9-11)18-13-5-3-2-4-12(13)17(21)23;1-19-14(18)9-6-7-16-12(8-9)15-11-5-3-2-4-10(11)13(16)17;16-12-9-3-1-2-4-10(9)14-11-7-8(13(17)18)5-6-15(11)12;1-2-12-9(11)7-5-3-4-6-8(7)10;1-11-7(10)5-2-3-9-6(8)4-5;1-3-2-4(5)7-6-3;1-2/h6-9H,2-5H2,1H3,(H,19,22);6-8H,2-5H2,1H3;5-7H,1-4H2,(H,17,18);7H,2-6H2,1H3;2-4H,1H3,(H2,8,9);2H,5H2,1H3;1-2H3. The maximum absolute atomic E-state index is 12.5. The quantitative estimate of drug-likeness (QED) is 0.0664.